The minimum absolute atomic E-state index is 0.986. The number of hydrogen-bond donors (Lipinski definition) is 0. The maximum Gasteiger partial charge on any atom is 0.0666 e. The van der Waals surface area contributed by atoms with Crippen molar-refractivity contribution in [1.29, 1.82) is 0 Å². The molecule has 68 valence electrons. The van der Waals surface area contributed by atoms with Crippen LogP contribution in [0, 0.1) is 6.92 Å². The molecule has 0 aromatic heterocycles. The van der Waals surface area contributed by atoms with Crippen LogP contribution in [0.15, 0.2) is 41.4 Å². The molecule has 0 aliphatic heterocycles. The molecular weight excluding hydrogens is 158 g/mol. The van der Waals surface area contributed by atoms with Crippen molar-refractivity contribution in [3.63, 3.8) is 0 Å². The Labute approximate surface area is 79.8 Å². The third kappa shape index (κ3) is 2.28. The molecule has 0 spiro atoms. The summed E-state index contributed by atoms with van der Waals surface area (Å²) >= 11 is 0. The third-order valence-corrected chi connectivity index (χ3v) is 1.95. The molecule has 1 aromatic rings. The third-order valence-electron chi connectivity index (χ3n) is 1.95. The number of aryl methyl sites for hydroxylation is 1. The summed E-state index contributed by atoms with van der Waals surface area (Å²) in [5.74, 6) is 0. The number of aliphatic imine (C=N–C) groups is 1. The largest absolute Gasteiger partial charge is 0.288 e. The lowest BCUT2D eigenvalue weighted by atomic mass is 10.0. The maximum atomic E-state index is 4.20. The van der Waals surface area contributed by atoms with Gasteiger partial charge < -0.3 is 0 Å². The van der Waals surface area contributed by atoms with Crippen LogP contribution in [-0.2, 0) is 0 Å². The van der Waals surface area contributed by atoms with E-state index in [9.17, 15) is 0 Å². The summed E-state index contributed by atoms with van der Waals surface area (Å²) in [6.07, 6.45) is 0. The Morgan fingerprint density at radius 1 is 1.23 bits per heavy atom. The minimum atomic E-state index is 0.986. The highest BCUT2D eigenvalue weighted by Gasteiger charge is 2.01. The second kappa shape index (κ2) is 4.04. The van der Waals surface area contributed by atoms with Gasteiger partial charge >= 0.3 is 0 Å². The zero-order valence-electron chi connectivity index (χ0n) is 8.46. The van der Waals surface area contributed by atoms with Crippen LogP contribution in [0.4, 0.5) is 0 Å². The van der Waals surface area contributed by atoms with Crippen molar-refractivity contribution in [3.8, 4) is 0 Å². The first-order valence-corrected chi connectivity index (χ1v) is 4.35. The fraction of sp³-hybridized carbons (Fsp3) is 0.250. The van der Waals surface area contributed by atoms with E-state index in [0.717, 1.165) is 16.8 Å². The fourth-order valence-electron chi connectivity index (χ4n) is 1.28. The summed E-state index contributed by atoms with van der Waals surface area (Å²) in [6, 6.07) is 8.32. The van der Waals surface area contributed by atoms with Gasteiger partial charge in [0, 0.05) is 7.05 Å². The van der Waals surface area contributed by atoms with E-state index in [1.54, 1.807) is 7.05 Å². The van der Waals surface area contributed by atoms with Crippen molar-refractivity contribution in [1.82, 2.24) is 0 Å². The highest BCUT2D eigenvalue weighted by atomic mass is 14.7. The van der Waals surface area contributed by atoms with Crippen LogP contribution in [0.2, 0.25) is 0 Å². The molecule has 1 rings (SSSR count). The van der Waals surface area contributed by atoms with Gasteiger partial charge in [-0.3, -0.25) is 4.99 Å². The molecule has 0 unspecified atom stereocenters. The first-order chi connectivity index (χ1) is 6.15. The monoisotopic (exact) mass is 173 g/mol. The van der Waals surface area contributed by atoms with E-state index in [0.29, 0.717) is 0 Å². The van der Waals surface area contributed by atoms with Crippen LogP contribution >= 0.6 is 0 Å². The number of hydrogen-bond acceptors (Lipinski definition) is 1. The molecular formula is C12H15N. The van der Waals surface area contributed by atoms with Crippen LogP contribution < -0.4 is 0 Å². The van der Waals surface area contributed by atoms with Gasteiger partial charge in [-0.1, -0.05) is 36.4 Å². The summed E-state index contributed by atoms with van der Waals surface area (Å²) in [5.41, 5.74) is 4.40. The highest BCUT2D eigenvalue weighted by molar-refractivity contribution is 6.11. The van der Waals surface area contributed by atoms with E-state index in [-0.39, 0.29) is 0 Å². The van der Waals surface area contributed by atoms with Gasteiger partial charge in [-0.05, 0) is 25.0 Å². The lowest BCUT2D eigenvalue weighted by Crippen LogP contribution is -2.01. The van der Waals surface area contributed by atoms with Gasteiger partial charge in [0.1, 0.15) is 0 Å². The standard InChI is InChI=1S/C12H15N/c1-9(2)12(13-4)11-7-5-10(3)6-8-11/h5-8H,1H2,2-4H3/b13-12+. The van der Waals surface area contributed by atoms with E-state index in [1.165, 1.54) is 5.56 Å². The molecule has 0 radical (unpaired) electrons. The molecule has 0 N–H and O–H groups in total. The van der Waals surface area contributed by atoms with E-state index < -0.39 is 0 Å². The van der Waals surface area contributed by atoms with E-state index in [4.69, 9.17) is 0 Å². The number of allylic oxidation sites excluding steroid dienone is 1. The highest BCUT2D eigenvalue weighted by Crippen LogP contribution is 2.09. The number of rotatable bonds is 2. The lowest BCUT2D eigenvalue weighted by molar-refractivity contribution is 1.39. The summed E-state index contributed by atoms with van der Waals surface area (Å²) in [6.45, 7) is 7.95. The molecule has 1 aromatic carbocycles. The molecule has 0 fully saturated rings. The molecule has 0 aliphatic carbocycles. The zero-order valence-corrected chi connectivity index (χ0v) is 8.46. The predicted octanol–water partition coefficient (Wildman–Crippen LogP) is 2.99. The SMILES string of the molecule is C=C(C)/C(=N\C)c1ccc(C)cc1. The van der Waals surface area contributed by atoms with Gasteiger partial charge in [0.05, 0.1) is 5.71 Å². The molecule has 0 aliphatic rings. The summed E-state index contributed by atoms with van der Waals surface area (Å²) < 4.78 is 0. The normalized spacial score (nSPS) is 11.5. The first-order valence-electron chi connectivity index (χ1n) is 4.35. The summed E-state index contributed by atoms with van der Waals surface area (Å²) in [7, 11) is 1.80. The van der Waals surface area contributed by atoms with Gasteiger partial charge in [-0.25, -0.2) is 0 Å². The van der Waals surface area contributed by atoms with Crippen molar-refractivity contribution >= 4 is 5.71 Å². The van der Waals surface area contributed by atoms with Gasteiger partial charge in [-0.2, -0.15) is 0 Å². The van der Waals surface area contributed by atoms with Crippen molar-refractivity contribution in [3.05, 3.63) is 47.5 Å². The van der Waals surface area contributed by atoms with Crippen molar-refractivity contribution in [2.45, 2.75) is 13.8 Å². The van der Waals surface area contributed by atoms with Crippen LogP contribution in [0.25, 0.3) is 0 Å². The van der Waals surface area contributed by atoms with Crippen LogP contribution in [0.1, 0.15) is 18.1 Å². The first kappa shape index (κ1) is 9.72. The Balaban J connectivity index is 3.07. The molecule has 0 heterocycles. The Kier molecular flexibility index (Phi) is 3.02. The summed E-state index contributed by atoms with van der Waals surface area (Å²) in [5, 5.41) is 0. The molecule has 13 heavy (non-hydrogen) atoms. The van der Waals surface area contributed by atoms with Gasteiger partial charge in [-0.15, -0.1) is 0 Å². The molecule has 1 nitrogen and oxygen atoms in total. The van der Waals surface area contributed by atoms with Gasteiger partial charge in [0.25, 0.3) is 0 Å². The minimum Gasteiger partial charge on any atom is -0.288 e. The van der Waals surface area contributed by atoms with Crippen molar-refractivity contribution < 1.29 is 0 Å². The Morgan fingerprint density at radius 3 is 2.15 bits per heavy atom. The maximum absolute atomic E-state index is 4.20. The second-order valence-corrected chi connectivity index (χ2v) is 3.22. The van der Waals surface area contributed by atoms with Crippen LogP contribution in [0.5, 0.6) is 0 Å². The smallest absolute Gasteiger partial charge is 0.0666 e. The molecule has 1 heteroatoms. The molecule has 0 saturated carbocycles. The molecule has 0 amide bonds. The average molecular weight is 173 g/mol. The van der Waals surface area contributed by atoms with Crippen molar-refractivity contribution in [2.75, 3.05) is 7.05 Å². The quantitative estimate of drug-likeness (QED) is 0.610. The van der Waals surface area contributed by atoms with E-state index in [2.05, 4.69) is 42.8 Å². The van der Waals surface area contributed by atoms with Crippen LogP contribution in [-0.4, -0.2) is 12.8 Å². The molecule has 0 atom stereocenters. The Morgan fingerprint density at radius 2 is 1.77 bits per heavy atom. The molecule has 0 saturated heterocycles. The zero-order chi connectivity index (χ0) is 9.84. The topological polar surface area (TPSA) is 12.4 Å². The lowest BCUT2D eigenvalue weighted by Gasteiger charge is -2.04. The van der Waals surface area contributed by atoms with Crippen LogP contribution in [0.3, 0.4) is 0 Å². The number of benzene rings is 1. The van der Waals surface area contributed by atoms with Gasteiger partial charge in [0.15, 0.2) is 0 Å². The van der Waals surface area contributed by atoms with Gasteiger partial charge in [0.2, 0.25) is 0 Å². The average Bonchev–Trinajstić information content (AvgIpc) is 2.09. The predicted molar refractivity (Wildman–Crippen MR) is 58.5 cm³/mol. The Bertz CT molecular complexity index is 331. The Hall–Kier alpha value is -1.37. The molecule has 0 bridgehead atoms. The summed E-state index contributed by atoms with van der Waals surface area (Å²) in [4.78, 5) is 4.20. The second-order valence-electron chi connectivity index (χ2n) is 3.22. The number of nitrogens with zero attached hydrogens (tertiary/aromatic N) is 1. The van der Waals surface area contributed by atoms with Crippen molar-refractivity contribution in [2.24, 2.45) is 4.99 Å². The van der Waals surface area contributed by atoms with E-state index >= 15 is 0 Å². The fourth-order valence-corrected chi connectivity index (χ4v) is 1.28. The van der Waals surface area contributed by atoms with E-state index in [1.807, 2.05) is 6.92 Å².